The topological polar surface area (TPSA) is 154 Å². The summed E-state index contributed by atoms with van der Waals surface area (Å²) in [5.74, 6) is -0.344. The largest absolute Gasteiger partial charge is 0.366 e. The van der Waals surface area contributed by atoms with Gasteiger partial charge in [0.05, 0.1) is 5.41 Å². The van der Waals surface area contributed by atoms with E-state index in [4.69, 9.17) is 17.2 Å². The van der Waals surface area contributed by atoms with Gasteiger partial charge in [-0.3, -0.25) is 9.59 Å². The van der Waals surface area contributed by atoms with Crippen molar-refractivity contribution >= 4 is 11.8 Å². The number of nitrogens with one attached hydrogen (secondary N) is 1. The smallest absolute Gasteiger partial charge is 0.248 e. The first-order chi connectivity index (χ1) is 17.3. The summed E-state index contributed by atoms with van der Waals surface area (Å²) in [7, 11) is 0. The molecule has 1 aliphatic rings. The van der Waals surface area contributed by atoms with Crippen molar-refractivity contribution in [3.8, 4) is 11.4 Å². The van der Waals surface area contributed by atoms with E-state index >= 15 is 0 Å². The van der Waals surface area contributed by atoms with Crippen LogP contribution in [0, 0.1) is 5.82 Å². The third-order valence-electron chi connectivity index (χ3n) is 6.89. The maximum atomic E-state index is 13.5. The predicted octanol–water partition coefficient (Wildman–Crippen LogP) is 2.59. The van der Waals surface area contributed by atoms with Gasteiger partial charge in [0.25, 0.3) is 0 Å². The highest BCUT2D eigenvalue weighted by Gasteiger charge is 2.43. The molecule has 2 amide bonds. The van der Waals surface area contributed by atoms with Crippen LogP contribution in [0.5, 0.6) is 0 Å². The first-order valence-corrected chi connectivity index (χ1v) is 11.6. The molecule has 182 valence electrons. The minimum Gasteiger partial charge on any atom is -0.366 e. The molecule has 1 aliphatic carbocycles. The number of carbonyl (C=O) groups excluding carboxylic acids is 2. The number of amides is 2. The van der Waals surface area contributed by atoms with E-state index in [0.29, 0.717) is 54.1 Å². The molecule has 0 unspecified atom stereocenters. The zero-order valence-corrected chi connectivity index (χ0v) is 19.4. The highest BCUT2D eigenvalue weighted by Crippen LogP contribution is 2.46. The van der Waals surface area contributed by atoms with E-state index in [9.17, 15) is 14.0 Å². The summed E-state index contributed by atoms with van der Waals surface area (Å²) in [4.78, 5) is 27.2. The molecular weight excluding hydrogens is 459 g/mol. The van der Waals surface area contributed by atoms with Crippen molar-refractivity contribution in [1.29, 1.82) is 0 Å². The SMILES string of the molecule is NCCC1(c2nnc(-c3ccc(F)cc3)[nH]2)c2ccc(C(N)=O)cc2CCc2cc(C(N)=O)ccc21. The van der Waals surface area contributed by atoms with Crippen molar-refractivity contribution in [1.82, 2.24) is 15.2 Å². The first-order valence-electron chi connectivity index (χ1n) is 11.6. The van der Waals surface area contributed by atoms with Gasteiger partial charge < -0.3 is 22.2 Å². The summed E-state index contributed by atoms with van der Waals surface area (Å²) in [6.45, 7) is 0.320. The summed E-state index contributed by atoms with van der Waals surface area (Å²) in [6, 6.07) is 16.8. The van der Waals surface area contributed by atoms with Crippen molar-refractivity contribution in [2.24, 2.45) is 17.2 Å². The van der Waals surface area contributed by atoms with Crippen molar-refractivity contribution in [2.75, 3.05) is 6.54 Å². The van der Waals surface area contributed by atoms with Gasteiger partial charge in [-0.2, -0.15) is 0 Å². The number of rotatable bonds is 6. The Bertz CT molecular complexity index is 1410. The lowest BCUT2D eigenvalue weighted by molar-refractivity contribution is 0.0991. The molecule has 8 nitrogen and oxygen atoms in total. The van der Waals surface area contributed by atoms with E-state index in [2.05, 4.69) is 15.2 Å². The second kappa shape index (κ2) is 9.01. The summed E-state index contributed by atoms with van der Waals surface area (Å²) in [5, 5.41) is 8.92. The number of primary amides is 2. The molecule has 0 fully saturated rings. The molecule has 4 aromatic rings. The molecule has 0 aliphatic heterocycles. The Labute approximate surface area is 206 Å². The summed E-state index contributed by atoms with van der Waals surface area (Å²) >= 11 is 0. The number of aromatic nitrogens is 3. The highest BCUT2D eigenvalue weighted by atomic mass is 19.1. The standard InChI is InChI=1S/C27H25FN6O2/c28-20-7-3-15(4-8-20)25-32-26(34-33-25)27(11-12-29)21-9-5-18(23(30)35)13-16(21)1-2-17-14-19(24(31)36)6-10-22(17)27/h3-10,13-14H,1-2,11-12,29H2,(H2,30,35)(H2,31,36)(H,32,33,34). The van der Waals surface area contributed by atoms with Crippen LogP contribution in [-0.4, -0.2) is 33.5 Å². The van der Waals surface area contributed by atoms with Gasteiger partial charge in [-0.05, 0) is 96.6 Å². The average Bonchev–Trinajstić information content (AvgIpc) is 3.32. The maximum Gasteiger partial charge on any atom is 0.248 e. The highest BCUT2D eigenvalue weighted by molar-refractivity contribution is 5.94. The lowest BCUT2D eigenvalue weighted by atomic mass is 9.69. The molecular formula is C27H25FN6O2. The predicted molar refractivity (Wildman–Crippen MR) is 133 cm³/mol. The van der Waals surface area contributed by atoms with Crippen LogP contribution in [0.25, 0.3) is 11.4 Å². The monoisotopic (exact) mass is 484 g/mol. The third-order valence-corrected chi connectivity index (χ3v) is 6.89. The van der Waals surface area contributed by atoms with Crippen LogP contribution in [0.3, 0.4) is 0 Å². The maximum absolute atomic E-state index is 13.5. The minimum atomic E-state index is -0.854. The minimum absolute atomic E-state index is 0.320. The fourth-order valence-corrected chi connectivity index (χ4v) is 5.21. The molecule has 3 aromatic carbocycles. The number of hydrogen-bond donors (Lipinski definition) is 4. The van der Waals surface area contributed by atoms with Crippen molar-refractivity contribution < 1.29 is 14.0 Å². The Kier molecular flexibility index (Phi) is 5.85. The van der Waals surface area contributed by atoms with Gasteiger partial charge in [0.2, 0.25) is 11.8 Å². The van der Waals surface area contributed by atoms with Crippen LogP contribution in [0.1, 0.15) is 55.2 Å². The van der Waals surface area contributed by atoms with E-state index in [-0.39, 0.29) is 5.82 Å². The van der Waals surface area contributed by atoms with Gasteiger partial charge >= 0.3 is 0 Å². The first kappa shape index (κ1) is 23.4. The Hall–Kier alpha value is -4.37. The molecule has 1 heterocycles. The zero-order chi connectivity index (χ0) is 25.4. The van der Waals surface area contributed by atoms with E-state index in [1.54, 1.807) is 36.4 Å². The fraction of sp³-hybridized carbons (Fsp3) is 0.185. The van der Waals surface area contributed by atoms with Crippen molar-refractivity contribution in [3.05, 3.63) is 106 Å². The molecule has 0 radical (unpaired) electrons. The number of halogens is 1. The van der Waals surface area contributed by atoms with Crippen LogP contribution >= 0.6 is 0 Å². The van der Waals surface area contributed by atoms with Crippen LogP contribution in [0.15, 0.2) is 60.7 Å². The Morgan fingerprint density at radius 3 is 1.92 bits per heavy atom. The van der Waals surface area contributed by atoms with Crippen molar-refractivity contribution in [3.63, 3.8) is 0 Å². The number of nitrogens with zero attached hydrogens (tertiary/aromatic N) is 2. The third kappa shape index (κ3) is 3.83. The number of aromatic amines is 1. The molecule has 0 saturated heterocycles. The molecule has 7 N–H and O–H groups in total. The van der Waals surface area contributed by atoms with Gasteiger partial charge in [0.15, 0.2) is 5.82 Å². The Morgan fingerprint density at radius 1 is 0.861 bits per heavy atom. The van der Waals surface area contributed by atoms with Gasteiger partial charge in [0, 0.05) is 16.7 Å². The molecule has 5 rings (SSSR count). The molecule has 1 aromatic heterocycles. The van der Waals surface area contributed by atoms with Crippen molar-refractivity contribution in [2.45, 2.75) is 24.7 Å². The lowest BCUT2D eigenvalue weighted by Gasteiger charge is -2.34. The number of benzene rings is 3. The molecule has 0 bridgehead atoms. The van der Waals surface area contributed by atoms with Gasteiger partial charge in [0.1, 0.15) is 11.6 Å². The average molecular weight is 485 g/mol. The van der Waals surface area contributed by atoms with E-state index in [1.165, 1.54) is 12.1 Å². The fourth-order valence-electron chi connectivity index (χ4n) is 5.21. The zero-order valence-electron chi connectivity index (χ0n) is 19.4. The van der Waals surface area contributed by atoms with E-state index < -0.39 is 17.2 Å². The van der Waals surface area contributed by atoms with E-state index in [1.807, 2.05) is 12.1 Å². The van der Waals surface area contributed by atoms with Crippen LogP contribution < -0.4 is 17.2 Å². The second-order valence-corrected chi connectivity index (χ2v) is 8.95. The van der Waals surface area contributed by atoms with Crippen LogP contribution in [0.2, 0.25) is 0 Å². The molecule has 0 spiro atoms. The normalized spacial score (nSPS) is 13.9. The lowest BCUT2D eigenvalue weighted by Crippen LogP contribution is -2.35. The summed E-state index contributed by atoms with van der Waals surface area (Å²) < 4.78 is 13.5. The van der Waals surface area contributed by atoms with Gasteiger partial charge in [-0.25, -0.2) is 4.39 Å². The quantitative estimate of drug-likeness (QED) is 0.331. The van der Waals surface area contributed by atoms with Crippen LogP contribution in [-0.2, 0) is 18.3 Å². The number of hydrogen-bond acceptors (Lipinski definition) is 5. The van der Waals surface area contributed by atoms with Gasteiger partial charge in [-0.1, -0.05) is 12.1 Å². The Balaban J connectivity index is 1.79. The molecule has 9 heteroatoms. The number of nitrogens with two attached hydrogens (primary N) is 3. The number of H-pyrrole nitrogens is 1. The number of aryl methyl sites for hydroxylation is 2. The molecule has 0 saturated carbocycles. The Morgan fingerprint density at radius 2 is 1.42 bits per heavy atom. The molecule has 36 heavy (non-hydrogen) atoms. The van der Waals surface area contributed by atoms with E-state index in [0.717, 1.165) is 22.3 Å². The summed E-state index contributed by atoms with van der Waals surface area (Å²) in [6.07, 6.45) is 1.69. The van der Waals surface area contributed by atoms with Crippen LogP contribution in [0.4, 0.5) is 4.39 Å². The molecule has 0 atom stereocenters. The number of fused-ring (bicyclic) bond motifs is 2. The second-order valence-electron chi connectivity index (χ2n) is 8.95. The van der Waals surface area contributed by atoms with Gasteiger partial charge in [-0.15, -0.1) is 10.2 Å². The number of carbonyl (C=O) groups is 2. The summed E-state index contributed by atoms with van der Waals surface area (Å²) in [5.41, 5.74) is 21.7.